The van der Waals surface area contributed by atoms with E-state index in [1.165, 1.54) is 17.9 Å². The minimum absolute atomic E-state index is 0.127. The molecule has 0 saturated carbocycles. The smallest absolute Gasteiger partial charge is 0.241 e. The molecule has 4 rings (SSSR count). The van der Waals surface area contributed by atoms with E-state index in [0.717, 1.165) is 11.0 Å². The van der Waals surface area contributed by atoms with Gasteiger partial charge in [-0.25, -0.2) is 5.43 Å². The maximum atomic E-state index is 12.2. The van der Waals surface area contributed by atoms with Gasteiger partial charge in [-0.15, -0.1) is 0 Å². The lowest BCUT2D eigenvalue weighted by atomic mass is 10.2. The molecular formula is C21H16I2N4O. The van der Waals surface area contributed by atoms with Gasteiger partial charge in [-0.1, -0.05) is 6.07 Å². The highest BCUT2D eigenvalue weighted by atomic mass is 127. The lowest BCUT2D eigenvalue weighted by molar-refractivity contribution is -0.121. The normalized spacial score (nSPS) is 11.5. The summed E-state index contributed by atoms with van der Waals surface area (Å²) in [7, 11) is 0. The molecule has 2 heterocycles. The van der Waals surface area contributed by atoms with Crippen LogP contribution in [0.3, 0.4) is 0 Å². The molecule has 0 saturated heterocycles. The molecule has 2 aromatic carbocycles. The van der Waals surface area contributed by atoms with Crippen LogP contribution in [0.5, 0.6) is 0 Å². The zero-order valence-corrected chi connectivity index (χ0v) is 19.1. The maximum absolute atomic E-state index is 12.2. The van der Waals surface area contributed by atoms with Crippen molar-refractivity contribution in [3.8, 4) is 0 Å². The number of nitrogens with zero attached hydrogens (tertiary/aromatic N) is 3. The summed E-state index contributed by atoms with van der Waals surface area (Å²) in [5, 5.41) is 6.42. The number of benzene rings is 2. The molecule has 0 atom stereocenters. The van der Waals surface area contributed by atoms with Gasteiger partial charge in [0.25, 0.3) is 0 Å². The van der Waals surface area contributed by atoms with Crippen molar-refractivity contribution < 1.29 is 4.79 Å². The van der Waals surface area contributed by atoms with Crippen LogP contribution in [0.15, 0.2) is 65.9 Å². The van der Waals surface area contributed by atoms with Gasteiger partial charge in [0.15, 0.2) is 0 Å². The molecule has 140 valence electrons. The topological polar surface area (TPSA) is 59.3 Å². The molecule has 0 unspecified atom stereocenters. The van der Waals surface area contributed by atoms with Gasteiger partial charge in [0.05, 0.1) is 11.9 Å². The Kier molecular flexibility index (Phi) is 5.90. The highest BCUT2D eigenvalue weighted by molar-refractivity contribution is 14.1. The number of halogens is 2. The van der Waals surface area contributed by atoms with Crippen molar-refractivity contribution in [3.05, 3.63) is 73.6 Å². The van der Waals surface area contributed by atoms with E-state index in [2.05, 4.69) is 102 Å². The lowest BCUT2D eigenvalue weighted by Crippen LogP contribution is -2.19. The van der Waals surface area contributed by atoms with Crippen molar-refractivity contribution in [2.75, 3.05) is 0 Å². The Bertz CT molecular complexity index is 1130. The second-order valence-electron chi connectivity index (χ2n) is 6.27. The fraction of sp³-hybridized carbons (Fsp3) is 0.0952. The first-order chi connectivity index (χ1) is 13.6. The summed E-state index contributed by atoms with van der Waals surface area (Å²) in [4.78, 5) is 16.4. The van der Waals surface area contributed by atoms with Crippen molar-refractivity contribution in [2.24, 2.45) is 5.10 Å². The van der Waals surface area contributed by atoms with Crippen LogP contribution in [-0.4, -0.2) is 21.7 Å². The minimum Gasteiger partial charge on any atom is -0.340 e. The summed E-state index contributed by atoms with van der Waals surface area (Å²) in [6, 6.07) is 18.4. The maximum Gasteiger partial charge on any atom is 0.241 e. The van der Waals surface area contributed by atoms with Crippen molar-refractivity contribution in [1.29, 1.82) is 0 Å². The number of fused-ring (bicyclic) bond motifs is 3. The molecule has 0 aliphatic rings. The summed E-state index contributed by atoms with van der Waals surface area (Å²) >= 11 is 4.67. The fourth-order valence-electron chi connectivity index (χ4n) is 3.18. The second kappa shape index (κ2) is 8.56. The van der Waals surface area contributed by atoms with Crippen molar-refractivity contribution in [3.63, 3.8) is 0 Å². The predicted octanol–water partition coefficient (Wildman–Crippen LogP) is 4.94. The van der Waals surface area contributed by atoms with E-state index < -0.39 is 0 Å². The Morgan fingerprint density at radius 2 is 1.71 bits per heavy atom. The van der Waals surface area contributed by atoms with E-state index in [9.17, 15) is 4.79 Å². The van der Waals surface area contributed by atoms with Crippen LogP contribution in [-0.2, 0) is 11.3 Å². The van der Waals surface area contributed by atoms with Gasteiger partial charge in [0, 0.05) is 48.1 Å². The molecule has 7 heteroatoms. The monoisotopic (exact) mass is 594 g/mol. The fourth-order valence-corrected chi connectivity index (χ4v) is 4.16. The predicted molar refractivity (Wildman–Crippen MR) is 129 cm³/mol. The first-order valence-corrected chi connectivity index (χ1v) is 10.9. The number of aryl methyl sites for hydroxylation is 1. The number of hydrazone groups is 1. The number of carbonyl (C=O) groups is 1. The Morgan fingerprint density at radius 1 is 1.04 bits per heavy atom. The standard InChI is InChI=1S/C21H16I2N4O/c22-14-4-6-19-17(11-14)18-12-15(23)5-7-20(18)27(19)10-8-21(28)26-25-13-16-3-1-2-9-24-16/h1-7,9,11-13H,8,10H2,(H,26,28)/b25-13+. The largest absolute Gasteiger partial charge is 0.340 e. The third kappa shape index (κ3) is 4.19. The third-order valence-electron chi connectivity index (χ3n) is 4.43. The zero-order valence-electron chi connectivity index (χ0n) is 14.8. The van der Waals surface area contributed by atoms with Crippen LogP contribution in [0.1, 0.15) is 12.1 Å². The van der Waals surface area contributed by atoms with E-state index in [4.69, 9.17) is 0 Å². The van der Waals surface area contributed by atoms with Gasteiger partial charge in [-0.05, 0) is 93.7 Å². The molecule has 4 aromatic rings. The molecular weight excluding hydrogens is 578 g/mol. The summed E-state index contributed by atoms with van der Waals surface area (Å²) < 4.78 is 4.60. The Morgan fingerprint density at radius 3 is 2.32 bits per heavy atom. The Balaban J connectivity index is 1.54. The highest BCUT2D eigenvalue weighted by Crippen LogP contribution is 2.31. The van der Waals surface area contributed by atoms with Gasteiger partial charge in [-0.2, -0.15) is 5.10 Å². The Hall–Kier alpha value is -2.01. The van der Waals surface area contributed by atoms with Gasteiger partial charge in [0.2, 0.25) is 5.91 Å². The first-order valence-electron chi connectivity index (χ1n) is 8.72. The highest BCUT2D eigenvalue weighted by Gasteiger charge is 2.12. The van der Waals surface area contributed by atoms with Crippen molar-refractivity contribution in [2.45, 2.75) is 13.0 Å². The van der Waals surface area contributed by atoms with E-state index in [0.29, 0.717) is 18.7 Å². The molecule has 1 amide bonds. The molecule has 28 heavy (non-hydrogen) atoms. The van der Waals surface area contributed by atoms with Crippen LogP contribution >= 0.6 is 45.2 Å². The summed E-state index contributed by atoms with van der Waals surface area (Å²) in [6.07, 6.45) is 3.58. The van der Waals surface area contributed by atoms with E-state index in [-0.39, 0.29) is 5.91 Å². The molecule has 1 N–H and O–H groups in total. The zero-order chi connectivity index (χ0) is 19.5. The average Bonchev–Trinajstić information content (AvgIpc) is 2.99. The van der Waals surface area contributed by atoms with Gasteiger partial charge < -0.3 is 4.57 Å². The molecule has 0 spiro atoms. The van der Waals surface area contributed by atoms with Crippen LogP contribution in [0, 0.1) is 7.14 Å². The SMILES string of the molecule is O=C(CCn1c2ccc(I)cc2c2cc(I)ccc21)N/N=C/c1ccccn1. The van der Waals surface area contributed by atoms with Crippen molar-refractivity contribution >= 4 is 79.1 Å². The summed E-state index contributed by atoms with van der Waals surface area (Å²) in [5.74, 6) is -0.127. The number of hydrogen-bond acceptors (Lipinski definition) is 3. The third-order valence-corrected chi connectivity index (χ3v) is 5.77. The van der Waals surface area contributed by atoms with Crippen LogP contribution in [0.2, 0.25) is 0 Å². The quantitative estimate of drug-likeness (QED) is 0.202. The number of hydrogen-bond donors (Lipinski definition) is 1. The average molecular weight is 594 g/mol. The molecule has 0 radical (unpaired) electrons. The van der Waals surface area contributed by atoms with Crippen LogP contribution in [0.4, 0.5) is 0 Å². The van der Waals surface area contributed by atoms with Gasteiger partial charge >= 0.3 is 0 Å². The molecule has 0 aliphatic carbocycles. The number of rotatable bonds is 5. The number of pyridine rings is 1. The number of nitrogens with one attached hydrogen (secondary N) is 1. The lowest BCUT2D eigenvalue weighted by Gasteiger charge is -2.07. The van der Waals surface area contributed by atoms with Crippen LogP contribution in [0.25, 0.3) is 21.8 Å². The van der Waals surface area contributed by atoms with Gasteiger partial charge in [-0.3, -0.25) is 9.78 Å². The number of amides is 1. The van der Waals surface area contributed by atoms with Crippen LogP contribution < -0.4 is 5.43 Å². The van der Waals surface area contributed by atoms with E-state index in [1.54, 1.807) is 12.4 Å². The second-order valence-corrected chi connectivity index (χ2v) is 8.76. The summed E-state index contributed by atoms with van der Waals surface area (Å²) in [6.45, 7) is 0.589. The first kappa shape index (κ1) is 19.3. The number of carbonyl (C=O) groups excluding carboxylic acids is 1. The molecule has 0 fully saturated rings. The summed E-state index contributed by atoms with van der Waals surface area (Å²) in [5.41, 5.74) is 5.57. The molecule has 2 aromatic heterocycles. The van der Waals surface area contributed by atoms with E-state index >= 15 is 0 Å². The molecule has 5 nitrogen and oxygen atoms in total. The Labute approximate surface area is 189 Å². The number of aromatic nitrogens is 2. The molecule has 0 aliphatic heterocycles. The van der Waals surface area contributed by atoms with Crippen molar-refractivity contribution in [1.82, 2.24) is 15.0 Å². The van der Waals surface area contributed by atoms with Gasteiger partial charge in [0.1, 0.15) is 0 Å². The van der Waals surface area contributed by atoms with E-state index in [1.807, 2.05) is 18.2 Å². The minimum atomic E-state index is -0.127. The molecule has 0 bridgehead atoms.